The van der Waals surface area contributed by atoms with Crippen LogP contribution in [0, 0.1) is 6.92 Å². The lowest BCUT2D eigenvalue weighted by atomic mass is 9.91. The molecule has 0 spiro atoms. The molecule has 1 aromatic rings. The maximum atomic E-state index is 12.6. The summed E-state index contributed by atoms with van der Waals surface area (Å²) in [6.07, 6.45) is 3.76. The minimum Gasteiger partial charge on any atom is -0.336 e. The molecule has 8 heteroatoms. The first-order chi connectivity index (χ1) is 15.5. The Morgan fingerprint density at radius 1 is 0.758 bits per heavy atom. The second-order valence-corrected chi connectivity index (χ2v) is 9.30. The van der Waals surface area contributed by atoms with Gasteiger partial charge in [-0.1, -0.05) is 33.8 Å². The average molecular weight is 463 g/mol. The van der Waals surface area contributed by atoms with Gasteiger partial charge in [-0.05, 0) is 78.5 Å². The number of benzene rings is 1. The maximum absolute atomic E-state index is 12.6. The number of aryl methyl sites for hydroxylation is 1. The highest BCUT2D eigenvalue weighted by molar-refractivity contribution is 5.93. The summed E-state index contributed by atoms with van der Waals surface area (Å²) >= 11 is 0. The zero-order valence-corrected chi connectivity index (χ0v) is 22.2. The Morgan fingerprint density at radius 2 is 1.18 bits per heavy atom. The smallest absolute Gasteiger partial charge is 0.319 e. The summed E-state index contributed by atoms with van der Waals surface area (Å²) < 4.78 is 0. The first-order valence-corrected chi connectivity index (χ1v) is 12.0. The van der Waals surface area contributed by atoms with Crippen LogP contribution in [0.4, 0.5) is 21.0 Å². The first-order valence-electron chi connectivity index (χ1n) is 12.0. The number of nitrogens with one attached hydrogen (secondary N) is 4. The molecule has 0 unspecified atom stereocenters. The molecule has 1 aromatic carbocycles. The molecule has 4 N–H and O–H groups in total. The average Bonchev–Trinajstić information content (AvgIpc) is 2.77. The van der Waals surface area contributed by atoms with Crippen LogP contribution in [-0.4, -0.2) is 74.2 Å². The Labute approximate surface area is 200 Å². The standard InChI is InChI=1S/C25H46N6O2/c1-10-24(11-2,30(6)7)17-26-22(32)28-20-15-14-19(5)21(16-20)29-23(33)27-18-25(12-3,13-4)31(8)9/h14-16H,10-13,17-18H2,1-9H3,(H2,26,28,32)(H2,27,29,33). The Bertz CT molecular complexity index is 770. The van der Waals surface area contributed by atoms with Crippen LogP contribution >= 0.6 is 0 Å². The Hall–Kier alpha value is -2.32. The number of nitrogens with zero attached hydrogens (tertiary/aromatic N) is 2. The second-order valence-electron chi connectivity index (χ2n) is 9.30. The van der Waals surface area contributed by atoms with Crippen molar-refractivity contribution in [2.45, 2.75) is 71.4 Å². The Kier molecular flexibility index (Phi) is 11.1. The summed E-state index contributed by atoms with van der Waals surface area (Å²) in [6.45, 7) is 11.6. The molecule has 0 aliphatic heterocycles. The lowest BCUT2D eigenvalue weighted by Gasteiger charge is -2.38. The van der Waals surface area contributed by atoms with Gasteiger partial charge in [-0.2, -0.15) is 0 Å². The normalized spacial score (nSPS) is 12.1. The number of hydrogen-bond acceptors (Lipinski definition) is 4. The SMILES string of the molecule is CCC(CC)(CNC(=O)Nc1ccc(C)c(NC(=O)NCC(CC)(CC)N(C)C)c1)N(C)C. The molecule has 1 rings (SSSR count). The number of anilines is 2. The van der Waals surface area contributed by atoms with Gasteiger partial charge in [0.2, 0.25) is 0 Å². The van der Waals surface area contributed by atoms with Gasteiger partial charge in [0.1, 0.15) is 0 Å². The van der Waals surface area contributed by atoms with Crippen molar-refractivity contribution in [1.29, 1.82) is 0 Å². The number of urea groups is 2. The highest BCUT2D eigenvalue weighted by Crippen LogP contribution is 2.23. The number of hydrogen-bond donors (Lipinski definition) is 4. The van der Waals surface area contributed by atoms with Crippen LogP contribution in [-0.2, 0) is 0 Å². The molecule has 8 nitrogen and oxygen atoms in total. The van der Waals surface area contributed by atoms with Gasteiger partial charge in [-0.15, -0.1) is 0 Å². The molecule has 0 radical (unpaired) electrons. The minimum absolute atomic E-state index is 0.0752. The number of carbonyl (C=O) groups excluding carboxylic acids is 2. The van der Waals surface area contributed by atoms with Crippen molar-refractivity contribution in [1.82, 2.24) is 20.4 Å². The van der Waals surface area contributed by atoms with Crippen molar-refractivity contribution in [3.8, 4) is 0 Å². The van der Waals surface area contributed by atoms with Gasteiger partial charge >= 0.3 is 12.1 Å². The number of amides is 4. The molecule has 0 aromatic heterocycles. The molecule has 33 heavy (non-hydrogen) atoms. The topological polar surface area (TPSA) is 88.7 Å². The Morgan fingerprint density at radius 3 is 1.58 bits per heavy atom. The van der Waals surface area contributed by atoms with Crippen molar-refractivity contribution in [2.75, 3.05) is 51.9 Å². The zero-order chi connectivity index (χ0) is 25.2. The molecule has 0 aliphatic rings. The molecule has 4 amide bonds. The molecular formula is C25H46N6O2. The van der Waals surface area contributed by atoms with E-state index in [1.54, 1.807) is 6.07 Å². The molecule has 0 bridgehead atoms. The van der Waals surface area contributed by atoms with Crippen molar-refractivity contribution in [2.24, 2.45) is 0 Å². The van der Waals surface area contributed by atoms with Gasteiger partial charge < -0.3 is 31.1 Å². The maximum Gasteiger partial charge on any atom is 0.319 e. The van der Waals surface area contributed by atoms with Gasteiger partial charge in [0.15, 0.2) is 0 Å². The van der Waals surface area contributed by atoms with Crippen LogP contribution in [0.3, 0.4) is 0 Å². The molecule has 0 fully saturated rings. The third kappa shape index (κ3) is 7.61. The molecule has 0 heterocycles. The molecule has 0 saturated carbocycles. The number of rotatable bonds is 12. The van der Waals surface area contributed by atoms with E-state index in [0.717, 1.165) is 31.2 Å². The fourth-order valence-electron chi connectivity index (χ4n) is 4.25. The van der Waals surface area contributed by atoms with Crippen LogP contribution in [0.15, 0.2) is 18.2 Å². The summed E-state index contributed by atoms with van der Waals surface area (Å²) in [6, 6.07) is 4.99. The van der Waals surface area contributed by atoms with Crippen LogP contribution in [0.1, 0.15) is 58.9 Å². The highest BCUT2D eigenvalue weighted by Gasteiger charge is 2.30. The van der Waals surface area contributed by atoms with E-state index in [0.29, 0.717) is 24.5 Å². The summed E-state index contributed by atoms with van der Waals surface area (Å²) in [4.78, 5) is 29.5. The van der Waals surface area contributed by atoms with E-state index in [1.165, 1.54) is 0 Å². The zero-order valence-electron chi connectivity index (χ0n) is 22.2. The minimum atomic E-state index is -0.260. The Balaban J connectivity index is 2.78. The van der Waals surface area contributed by atoms with Crippen LogP contribution in [0.2, 0.25) is 0 Å². The van der Waals surface area contributed by atoms with E-state index in [9.17, 15) is 9.59 Å². The van der Waals surface area contributed by atoms with Crippen molar-refractivity contribution in [3.05, 3.63) is 23.8 Å². The van der Waals surface area contributed by atoms with E-state index in [2.05, 4.69) is 58.8 Å². The summed E-state index contributed by atoms with van der Waals surface area (Å²) in [7, 11) is 8.17. The van der Waals surface area contributed by atoms with E-state index in [-0.39, 0.29) is 23.1 Å². The molecule has 0 aliphatic carbocycles. The largest absolute Gasteiger partial charge is 0.336 e. The van der Waals surface area contributed by atoms with Gasteiger partial charge in [-0.3, -0.25) is 0 Å². The number of carbonyl (C=O) groups is 2. The number of likely N-dealkylation sites (N-methyl/N-ethyl adjacent to an activating group) is 2. The molecular weight excluding hydrogens is 416 g/mol. The van der Waals surface area contributed by atoms with E-state index in [1.807, 2.05) is 47.2 Å². The predicted molar refractivity (Wildman–Crippen MR) is 139 cm³/mol. The molecule has 0 saturated heterocycles. The molecule has 0 atom stereocenters. The summed E-state index contributed by atoms with van der Waals surface area (Å²) in [5.74, 6) is 0. The summed E-state index contributed by atoms with van der Waals surface area (Å²) in [5, 5.41) is 11.8. The second kappa shape index (κ2) is 12.8. The van der Waals surface area contributed by atoms with Gasteiger partial charge in [0.25, 0.3) is 0 Å². The van der Waals surface area contributed by atoms with Crippen molar-refractivity contribution < 1.29 is 9.59 Å². The third-order valence-electron chi connectivity index (χ3n) is 7.43. The van der Waals surface area contributed by atoms with Crippen molar-refractivity contribution >= 4 is 23.4 Å². The highest BCUT2D eigenvalue weighted by atomic mass is 16.2. The van der Waals surface area contributed by atoms with Gasteiger partial charge in [0.05, 0.1) is 0 Å². The van der Waals surface area contributed by atoms with E-state index < -0.39 is 0 Å². The van der Waals surface area contributed by atoms with Crippen LogP contribution in [0.5, 0.6) is 0 Å². The fourth-order valence-corrected chi connectivity index (χ4v) is 4.25. The lowest BCUT2D eigenvalue weighted by Crippen LogP contribution is -2.52. The lowest BCUT2D eigenvalue weighted by molar-refractivity contribution is 0.138. The fraction of sp³-hybridized carbons (Fsp3) is 0.680. The predicted octanol–water partition coefficient (Wildman–Crippen LogP) is 4.48. The van der Waals surface area contributed by atoms with E-state index in [4.69, 9.17) is 0 Å². The molecule has 188 valence electrons. The quantitative estimate of drug-likeness (QED) is 0.369. The monoisotopic (exact) mass is 462 g/mol. The van der Waals surface area contributed by atoms with Crippen LogP contribution in [0.25, 0.3) is 0 Å². The van der Waals surface area contributed by atoms with E-state index >= 15 is 0 Å². The first kappa shape index (κ1) is 28.7. The van der Waals surface area contributed by atoms with Crippen molar-refractivity contribution in [3.63, 3.8) is 0 Å². The van der Waals surface area contributed by atoms with Crippen LogP contribution < -0.4 is 21.3 Å². The summed E-state index contributed by atoms with van der Waals surface area (Å²) in [5.41, 5.74) is 2.06. The van der Waals surface area contributed by atoms with Gasteiger partial charge in [0, 0.05) is 35.5 Å². The third-order valence-corrected chi connectivity index (χ3v) is 7.43. The van der Waals surface area contributed by atoms with Gasteiger partial charge in [-0.25, -0.2) is 9.59 Å².